The van der Waals surface area contributed by atoms with E-state index in [1.54, 1.807) is 0 Å². The molecule has 4 heteroatoms. The van der Waals surface area contributed by atoms with Gasteiger partial charge in [-0.05, 0) is 14.1 Å². The van der Waals surface area contributed by atoms with E-state index in [-0.39, 0.29) is 0 Å². The zero-order chi connectivity index (χ0) is 10.6. The molecule has 1 heterocycles. The van der Waals surface area contributed by atoms with Gasteiger partial charge in [0.25, 0.3) is 0 Å². The molecule has 14 heavy (non-hydrogen) atoms. The van der Waals surface area contributed by atoms with Crippen molar-refractivity contribution < 1.29 is 0 Å². The van der Waals surface area contributed by atoms with Crippen molar-refractivity contribution in [1.29, 1.82) is 0 Å². The van der Waals surface area contributed by atoms with Crippen molar-refractivity contribution in [3.63, 3.8) is 0 Å². The van der Waals surface area contributed by atoms with Crippen LogP contribution in [-0.2, 0) is 13.1 Å². The van der Waals surface area contributed by atoms with E-state index in [2.05, 4.69) is 28.0 Å². The Morgan fingerprint density at radius 2 is 2.36 bits per heavy atom. The van der Waals surface area contributed by atoms with Crippen molar-refractivity contribution in [2.45, 2.75) is 13.1 Å². The Kier molecular flexibility index (Phi) is 3.71. The van der Waals surface area contributed by atoms with E-state index in [9.17, 15) is 0 Å². The Balaban J connectivity index is 2.87. The first-order chi connectivity index (χ1) is 6.67. The van der Waals surface area contributed by atoms with Crippen LogP contribution in [0.5, 0.6) is 0 Å². The molecule has 78 valence electrons. The largest absolute Gasteiger partial charge is 0.372 e. The summed E-state index contributed by atoms with van der Waals surface area (Å²) in [5.74, 6) is 0.906. The molecule has 0 saturated heterocycles. The van der Waals surface area contributed by atoms with Gasteiger partial charge in [-0.3, -0.25) is 4.68 Å². The molecular formula is C10H18N4. The van der Waals surface area contributed by atoms with Crippen molar-refractivity contribution in [3.8, 4) is 0 Å². The predicted octanol–water partition coefficient (Wildman–Crippen LogP) is 1.17. The lowest BCUT2D eigenvalue weighted by Gasteiger charge is -2.10. The number of aromatic nitrogens is 2. The average molecular weight is 194 g/mol. The third-order valence-electron chi connectivity index (χ3n) is 1.90. The maximum absolute atomic E-state index is 4.38. The molecule has 0 bridgehead atoms. The highest BCUT2D eigenvalue weighted by molar-refractivity contribution is 5.35. The van der Waals surface area contributed by atoms with Crippen LogP contribution >= 0.6 is 0 Å². The zero-order valence-electron chi connectivity index (χ0n) is 9.12. The Morgan fingerprint density at radius 1 is 1.64 bits per heavy atom. The first kappa shape index (κ1) is 10.8. The van der Waals surface area contributed by atoms with Gasteiger partial charge in [0, 0.05) is 19.7 Å². The van der Waals surface area contributed by atoms with Gasteiger partial charge in [-0.2, -0.15) is 5.10 Å². The van der Waals surface area contributed by atoms with Gasteiger partial charge >= 0.3 is 0 Å². The van der Waals surface area contributed by atoms with E-state index in [0.717, 1.165) is 18.9 Å². The molecule has 4 nitrogen and oxygen atoms in total. The minimum Gasteiger partial charge on any atom is -0.372 e. The molecule has 0 fully saturated rings. The van der Waals surface area contributed by atoms with Gasteiger partial charge in [-0.1, -0.05) is 6.08 Å². The van der Waals surface area contributed by atoms with E-state index in [1.807, 2.05) is 31.9 Å². The second kappa shape index (κ2) is 4.81. The van der Waals surface area contributed by atoms with Crippen molar-refractivity contribution in [3.05, 3.63) is 24.4 Å². The molecule has 0 aromatic carbocycles. The van der Waals surface area contributed by atoms with Gasteiger partial charge in [-0.15, -0.1) is 6.58 Å². The molecule has 0 unspecified atom stereocenters. The molecule has 0 aliphatic heterocycles. The molecule has 1 rings (SSSR count). The molecule has 0 aliphatic carbocycles. The maximum atomic E-state index is 4.38. The molecule has 1 aromatic rings. The van der Waals surface area contributed by atoms with Crippen LogP contribution in [0.25, 0.3) is 0 Å². The monoisotopic (exact) mass is 194 g/mol. The fourth-order valence-electron chi connectivity index (χ4n) is 1.31. The molecule has 0 aliphatic rings. The quantitative estimate of drug-likeness (QED) is 0.714. The van der Waals surface area contributed by atoms with E-state index in [4.69, 9.17) is 0 Å². The molecular weight excluding hydrogens is 176 g/mol. The summed E-state index contributed by atoms with van der Waals surface area (Å²) in [7, 11) is 5.97. The Labute approximate surface area is 85.2 Å². The highest BCUT2D eigenvalue weighted by atomic mass is 15.3. The van der Waals surface area contributed by atoms with Gasteiger partial charge in [0.05, 0.1) is 12.2 Å². The zero-order valence-corrected chi connectivity index (χ0v) is 9.12. The van der Waals surface area contributed by atoms with Gasteiger partial charge in [0.15, 0.2) is 0 Å². The molecule has 1 N–H and O–H groups in total. The first-order valence-corrected chi connectivity index (χ1v) is 4.67. The highest BCUT2D eigenvalue weighted by Gasteiger charge is 2.06. The number of hydrogen-bond acceptors (Lipinski definition) is 3. The summed E-state index contributed by atoms with van der Waals surface area (Å²) in [6, 6.07) is 2.06. The van der Waals surface area contributed by atoms with Gasteiger partial charge in [0.1, 0.15) is 5.82 Å². The predicted molar refractivity (Wildman–Crippen MR) is 59.4 cm³/mol. The average Bonchev–Trinajstić information content (AvgIpc) is 2.48. The van der Waals surface area contributed by atoms with Crippen molar-refractivity contribution in [2.75, 3.05) is 26.5 Å². The van der Waals surface area contributed by atoms with E-state index in [1.165, 1.54) is 5.69 Å². The number of rotatable bonds is 5. The third kappa shape index (κ3) is 2.60. The van der Waals surface area contributed by atoms with Crippen molar-refractivity contribution >= 4 is 5.82 Å². The van der Waals surface area contributed by atoms with E-state index in [0.29, 0.717) is 0 Å². The SMILES string of the molecule is C=CCn1nc(NC)cc1CN(C)C. The molecule has 1 aromatic heterocycles. The number of hydrogen-bond donors (Lipinski definition) is 1. The van der Waals surface area contributed by atoms with Crippen LogP contribution in [0.4, 0.5) is 5.82 Å². The summed E-state index contributed by atoms with van der Waals surface area (Å²) in [6.07, 6.45) is 1.85. The second-order valence-electron chi connectivity index (χ2n) is 3.48. The van der Waals surface area contributed by atoms with Crippen LogP contribution in [0.2, 0.25) is 0 Å². The Bertz CT molecular complexity index is 301. The van der Waals surface area contributed by atoms with E-state index < -0.39 is 0 Å². The number of anilines is 1. The summed E-state index contributed by atoms with van der Waals surface area (Å²) in [5.41, 5.74) is 1.19. The minimum absolute atomic E-state index is 0.755. The van der Waals surface area contributed by atoms with Crippen LogP contribution in [0.3, 0.4) is 0 Å². The van der Waals surface area contributed by atoms with Crippen LogP contribution in [-0.4, -0.2) is 35.8 Å². The van der Waals surface area contributed by atoms with Crippen molar-refractivity contribution in [1.82, 2.24) is 14.7 Å². The van der Waals surface area contributed by atoms with Crippen LogP contribution in [0, 0.1) is 0 Å². The minimum atomic E-state index is 0.755. The number of allylic oxidation sites excluding steroid dienone is 1. The lowest BCUT2D eigenvalue weighted by molar-refractivity contribution is 0.385. The first-order valence-electron chi connectivity index (χ1n) is 4.67. The highest BCUT2D eigenvalue weighted by Crippen LogP contribution is 2.10. The summed E-state index contributed by atoms with van der Waals surface area (Å²) in [6.45, 7) is 5.36. The Morgan fingerprint density at radius 3 is 2.86 bits per heavy atom. The van der Waals surface area contributed by atoms with Crippen LogP contribution < -0.4 is 5.32 Å². The second-order valence-corrected chi connectivity index (χ2v) is 3.48. The number of nitrogens with one attached hydrogen (secondary N) is 1. The van der Waals surface area contributed by atoms with Crippen LogP contribution in [0.15, 0.2) is 18.7 Å². The smallest absolute Gasteiger partial charge is 0.148 e. The molecule has 0 atom stereocenters. The maximum Gasteiger partial charge on any atom is 0.148 e. The summed E-state index contributed by atoms with van der Waals surface area (Å²) < 4.78 is 1.96. The fourth-order valence-corrected chi connectivity index (χ4v) is 1.31. The topological polar surface area (TPSA) is 33.1 Å². The lowest BCUT2D eigenvalue weighted by atomic mass is 10.4. The molecule has 0 saturated carbocycles. The summed E-state index contributed by atoms with van der Waals surface area (Å²) >= 11 is 0. The Hall–Kier alpha value is -1.29. The fraction of sp³-hybridized carbons (Fsp3) is 0.500. The van der Waals surface area contributed by atoms with Crippen LogP contribution in [0.1, 0.15) is 5.69 Å². The molecule has 0 amide bonds. The normalized spacial score (nSPS) is 10.6. The van der Waals surface area contributed by atoms with Crippen molar-refractivity contribution in [2.24, 2.45) is 0 Å². The standard InChI is InChI=1S/C10H18N4/c1-5-6-14-9(8-13(3)4)7-10(11-2)12-14/h5,7H,1,6,8H2,2-4H3,(H,11,12). The summed E-state index contributed by atoms with van der Waals surface area (Å²) in [5, 5.41) is 7.41. The van der Waals surface area contributed by atoms with E-state index >= 15 is 0 Å². The molecule has 0 spiro atoms. The van der Waals surface area contributed by atoms with Gasteiger partial charge in [-0.25, -0.2) is 0 Å². The van der Waals surface area contributed by atoms with Gasteiger partial charge in [0.2, 0.25) is 0 Å². The summed E-state index contributed by atoms with van der Waals surface area (Å²) in [4.78, 5) is 2.12. The third-order valence-corrected chi connectivity index (χ3v) is 1.90. The van der Waals surface area contributed by atoms with Gasteiger partial charge < -0.3 is 10.2 Å². The number of nitrogens with zero attached hydrogens (tertiary/aromatic N) is 3. The molecule has 0 radical (unpaired) electrons. The lowest BCUT2D eigenvalue weighted by Crippen LogP contribution is -2.14.